The molecule has 0 bridgehead atoms. The third-order valence-electron chi connectivity index (χ3n) is 4.35. The summed E-state index contributed by atoms with van der Waals surface area (Å²) in [6.45, 7) is 3.89. The van der Waals surface area contributed by atoms with Crippen LogP contribution in [0.5, 0.6) is 0 Å². The van der Waals surface area contributed by atoms with Crippen molar-refractivity contribution in [1.29, 1.82) is 0 Å². The van der Waals surface area contributed by atoms with Gasteiger partial charge >= 0.3 is 0 Å². The molecule has 120 valence electrons. The first-order valence-electron chi connectivity index (χ1n) is 7.98. The van der Waals surface area contributed by atoms with E-state index in [1.54, 1.807) is 6.07 Å². The Morgan fingerprint density at radius 1 is 1.26 bits per heavy atom. The first-order chi connectivity index (χ1) is 11.3. The Labute approximate surface area is 132 Å². The Hall–Kier alpha value is -2.28. The highest BCUT2D eigenvalue weighted by molar-refractivity contribution is 5.90. The van der Waals surface area contributed by atoms with Crippen molar-refractivity contribution in [3.63, 3.8) is 0 Å². The van der Waals surface area contributed by atoms with Crippen LogP contribution in [0.3, 0.4) is 0 Å². The molecule has 0 amide bonds. The summed E-state index contributed by atoms with van der Waals surface area (Å²) in [7, 11) is 0. The predicted molar refractivity (Wildman–Crippen MR) is 83.6 cm³/mol. The third-order valence-corrected chi connectivity index (χ3v) is 4.35. The molecule has 1 fully saturated rings. The van der Waals surface area contributed by atoms with Crippen molar-refractivity contribution in [2.45, 2.75) is 32.1 Å². The van der Waals surface area contributed by atoms with Gasteiger partial charge in [0.15, 0.2) is 5.82 Å². The third kappa shape index (κ3) is 2.50. The smallest absolute Gasteiger partial charge is 0.230 e. The van der Waals surface area contributed by atoms with E-state index in [2.05, 4.69) is 25.4 Å². The number of aromatic amines is 1. The maximum absolute atomic E-state index is 14.0. The van der Waals surface area contributed by atoms with Crippen molar-refractivity contribution in [1.82, 2.24) is 25.4 Å². The minimum Gasteiger partial charge on any atom is -0.341 e. The van der Waals surface area contributed by atoms with E-state index in [0.29, 0.717) is 35.1 Å². The molecule has 4 rings (SSSR count). The number of rotatable bonds is 3. The van der Waals surface area contributed by atoms with Gasteiger partial charge in [0.25, 0.3) is 0 Å². The van der Waals surface area contributed by atoms with Gasteiger partial charge in [-0.25, -0.2) is 9.37 Å². The largest absolute Gasteiger partial charge is 0.341 e. The summed E-state index contributed by atoms with van der Waals surface area (Å²) in [6, 6.07) is 3.07. The van der Waals surface area contributed by atoms with Crippen molar-refractivity contribution in [2.24, 2.45) is 0 Å². The van der Waals surface area contributed by atoms with Gasteiger partial charge < -0.3 is 14.8 Å². The number of piperidine rings is 1. The lowest BCUT2D eigenvalue weighted by molar-refractivity contribution is 0.320. The zero-order valence-corrected chi connectivity index (χ0v) is 12.9. The van der Waals surface area contributed by atoms with E-state index < -0.39 is 0 Å². The van der Waals surface area contributed by atoms with Gasteiger partial charge in [-0.15, -0.1) is 0 Å². The Morgan fingerprint density at radius 2 is 2.09 bits per heavy atom. The van der Waals surface area contributed by atoms with Gasteiger partial charge in [0, 0.05) is 17.9 Å². The summed E-state index contributed by atoms with van der Waals surface area (Å²) in [4.78, 5) is 12.0. The second-order valence-electron chi connectivity index (χ2n) is 5.84. The predicted octanol–water partition coefficient (Wildman–Crippen LogP) is 2.78. The van der Waals surface area contributed by atoms with Crippen LogP contribution in [-0.4, -0.2) is 33.2 Å². The van der Waals surface area contributed by atoms with E-state index in [1.807, 2.05) is 6.92 Å². The second kappa shape index (κ2) is 5.73. The minimum atomic E-state index is -0.346. The quantitative estimate of drug-likeness (QED) is 0.777. The van der Waals surface area contributed by atoms with E-state index in [1.165, 1.54) is 6.07 Å². The van der Waals surface area contributed by atoms with Gasteiger partial charge in [-0.05, 0) is 38.1 Å². The summed E-state index contributed by atoms with van der Waals surface area (Å²) >= 11 is 0. The number of imidazole rings is 1. The van der Waals surface area contributed by atoms with E-state index in [-0.39, 0.29) is 5.82 Å². The number of nitrogens with one attached hydrogen (secondary N) is 2. The molecule has 0 atom stereocenters. The number of hydrogen-bond donors (Lipinski definition) is 2. The SMILES string of the molecule is CCc1nc2c(F)ccc(-c3noc(C4CCNCC4)n3)c2[nH]1. The molecule has 1 aliphatic rings. The summed E-state index contributed by atoms with van der Waals surface area (Å²) in [5.41, 5.74) is 1.67. The normalized spacial score (nSPS) is 16.3. The number of nitrogens with zero attached hydrogens (tertiary/aromatic N) is 3. The number of halogens is 1. The highest BCUT2D eigenvalue weighted by atomic mass is 19.1. The summed E-state index contributed by atoms with van der Waals surface area (Å²) in [5.74, 6) is 1.83. The van der Waals surface area contributed by atoms with E-state index in [0.717, 1.165) is 37.3 Å². The molecule has 1 aliphatic heterocycles. The molecule has 23 heavy (non-hydrogen) atoms. The Bertz CT molecular complexity index is 834. The number of aryl methyl sites for hydroxylation is 1. The van der Waals surface area contributed by atoms with Crippen molar-refractivity contribution >= 4 is 11.0 Å². The van der Waals surface area contributed by atoms with E-state index >= 15 is 0 Å². The number of benzene rings is 1. The van der Waals surface area contributed by atoms with Gasteiger partial charge in [-0.3, -0.25) is 0 Å². The molecule has 0 aliphatic carbocycles. The van der Waals surface area contributed by atoms with Gasteiger partial charge in [0.1, 0.15) is 11.3 Å². The van der Waals surface area contributed by atoms with Crippen molar-refractivity contribution in [2.75, 3.05) is 13.1 Å². The van der Waals surface area contributed by atoms with Crippen LogP contribution in [0.1, 0.15) is 37.4 Å². The molecule has 2 aromatic heterocycles. The van der Waals surface area contributed by atoms with Crippen LogP contribution in [0, 0.1) is 5.82 Å². The topological polar surface area (TPSA) is 79.6 Å². The molecule has 3 heterocycles. The molecule has 0 unspecified atom stereocenters. The van der Waals surface area contributed by atoms with Crippen LogP contribution < -0.4 is 5.32 Å². The molecule has 1 aromatic carbocycles. The molecule has 0 saturated carbocycles. The van der Waals surface area contributed by atoms with Crippen LogP contribution in [0.15, 0.2) is 16.7 Å². The molecule has 0 radical (unpaired) electrons. The molecular weight excluding hydrogens is 297 g/mol. The number of aromatic nitrogens is 4. The fourth-order valence-electron chi connectivity index (χ4n) is 3.04. The highest BCUT2D eigenvalue weighted by Gasteiger charge is 2.23. The van der Waals surface area contributed by atoms with E-state index in [4.69, 9.17) is 4.52 Å². The first-order valence-corrected chi connectivity index (χ1v) is 7.98. The van der Waals surface area contributed by atoms with Crippen molar-refractivity contribution in [3.8, 4) is 11.4 Å². The van der Waals surface area contributed by atoms with Gasteiger partial charge in [0.2, 0.25) is 11.7 Å². The van der Waals surface area contributed by atoms with E-state index in [9.17, 15) is 4.39 Å². The molecule has 1 saturated heterocycles. The van der Waals surface area contributed by atoms with Gasteiger partial charge in [-0.2, -0.15) is 4.98 Å². The number of hydrogen-bond acceptors (Lipinski definition) is 5. The Kier molecular flexibility index (Phi) is 3.57. The van der Waals surface area contributed by atoms with Gasteiger partial charge in [-0.1, -0.05) is 12.1 Å². The number of fused-ring (bicyclic) bond motifs is 1. The van der Waals surface area contributed by atoms with Crippen LogP contribution in [0.25, 0.3) is 22.4 Å². The second-order valence-corrected chi connectivity index (χ2v) is 5.84. The average Bonchev–Trinajstić information content (AvgIpc) is 3.23. The molecular formula is C16H18FN5O. The standard InChI is InChI=1S/C16H18FN5O/c1-2-12-19-13-10(3-4-11(17)14(13)20-12)15-21-16(23-22-15)9-5-7-18-8-6-9/h3-4,9,18H,2,5-8H2,1H3,(H,19,20). The lowest BCUT2D eigenvalue weighted by Gasteiger charge is -2.18. The van der Waals surface area contributed by atoms with Crippen LogP contribution in [-0.2, 0) is 6.42 Å². The van der Waals surface area contributed by atoms with Crippen molar-refractivity contribution in [3.05, 3.63) is 29.7 Å². The summed E-state index contributed by atoms with van der Waals surface area (Å²) in [5, 5.41) is 7.42. The zero-order valence-electron chi connectivity index (χ0n) is 12.9. The maximum Gasteiger partial charge on any atom is 0.230 e. The molecule has 3 aromatic rings. The Balaban J connectivity index is 1.75. The molecule has 0 spiro atoms. The lowest BCUT2D eigenvalue weighted by Crippen LogP contribution is -2.26. The highest BCUT2D eigenvalue weighted by Crippen LogP contribution is 2.30. The van der Waals surface area contributed by atoms with Crippen LogP contribution >= 0.6 is 0 Å². The average molecular weight is 315 g/mol. The fraction of sp³-hybridized carbons (Fsp3) is 0.438. The molecule has 7 heteroatoms. The Morgan fingerprint density at radius 3 is 2.87 bits per heavy atom. The fourth-order valence-corrected chi connectivity index (χ4v) is 3.04. The zero-order chi connectivity index (χ0) is 15.8. The summed E-state index contributed by atoms with van der Waals surface area (Å²) < 4.78 is 19.4. The molecule has 6 nitrogen and oxygen atoms in total. The summed E-state index contributed by atoms with van der Waals surface area (Å²) in [6.07, 6.45) is 2.69. The minimum absolute atomic E-state index is 0.293. The van der Waals surface area contributed by atoms with Crippen molar-refractivity contribution < 1.29 is 8.91 Å². The molecule has 2 N–H and O–H groups in total. The monoisotopic (exact) mass is 315 g/mol. The number of H-pyrrole nitrogens is 1. The van der Waals surface area contributed by atoms with Crippen LogP contribution in [0.4, 0.5) is 4.39 Å². The first kappa shape index (κ1) is 14.3. The maximum atomic E-state index is 14.0. The van der Waals surface area contributed by atoms with Gasteiger partial charge in [0.05, 0.1) is 5.52 Å². The lowest BCUT2D eigenvalue weighted by atomic mass is 9.98. The van der Waals surface area contributed by atoms with Crippen LogP contribution in [0.2, 0.25) is 0 Å².